The van der Waals surface area contributed by atoms with Gasteiger partial charge >= 0.3 is 0 Å². The number of carbonyl (C=O) groups excluding carboxylic acids is 2. The van der Waals surface area contributed by atoms with Gasteiger partial charge in [-0.3, -0.25) is 9.59 Å². The van der Waals surface area contributed by atoms with Crippen LogP contribution in [0.15, 0.2) is 23.1 Å². The number of rotatable bonds is 6. The molecule has 2 amide bonds. The van der Waals surface area contributed by atoms with Crippen molar-refractivity contribution in [1.82, 2.24) is 9.62 Å². The highest BCUT2D eigenvalue weighted by atomic mass is 32.2. The minimum absolute atomic E-state index is 0.0273. The standard InChI is InChI=1S/C24H35N3O4S/c1-15-6-5-7-21(17(15)3)25-23(28)14-26(4)32(30,31)20-10-11-22-19(13-20)12-16(2)27(22)24(29)18-8-9-18/h10-11,13,15-18,21H,5-9,12,14H2,1-4H3,(H,25,28). The highest BCUT2D eigenvalue weighted by Crippen LogP contribution is 2.39. The predicted molar refractivity (Wildman–Crippen MR) is 124 cm³/mol. The Hall–Kier alpha value is -1.93. The summed E-state index contributed by atoms with van der Waals surface area (Å²) in [6, 6.07) is 5.09. The molecule has 2 saturated carbocycles. The minimum Gasteiger partial charge on any atom is -0.352 e. The first kappa shape index (κ1) is 23.2. The Balaban J connectivity index is 1.44. The molecule has 0 bridgehead atoms. The van der Waals surface area contributed by atoms with Crippen LogP contribution in [0.5, 0.6) is 0 Å². The molecule has 1 aromatic rings. The van der Waals surface area contributed by atoms with E-state index in [9.17, 15) is 18.0 Å². The average molecular weight is 462 g/mol. The van der Waals surface area contributed by atoms with Crippen LogP contribution >= 0.6 is 0 Å². The number of nitrogens with zero attached hydrogens (tertiary/aromatic N) is 2. The molecule has 0 aromatic heterocycles. The highest BCUT2D eigenvalue weighted by Gasteiger charge is 2.40. The monoisotopic (exact) mass is 461 g/mol. The Labute approximate surface area is 191 Å². The normalized spacial score (nSPS) is 28.0. The molecule has 0 saturated heterocycles. The maximum absolute atomic E-state index is 13.2. The van der Waals surface area contributed by atoms with Gasteiger partial charge in [0.2, 0.25) is 21.8 Å². The number of benzene rings is 1. The van der Waals surface area contributed by atoms with E-state index in [0.717, 1.165) is 41.2 Å². The lowest BCUT2D eigenvalue weighted by atomic mass is 9.78. The van der Waals surface area contributed by atoms with E-state index < -0.39 is 10.0 Å². The molecule has 1 aliphatic heterocycles. The number of hydrogen-bond acceptors (Lipinski definition) is 4. The van der Waals surface area contributed by atoms with Crippen molar-refractivity contribution in [2.45, 2.75) is 76.3 Å². The maximum atomic E-state index is 13.2. The molecule has 32 heavy (non-hydrogen) atoms. The summed E-state index contributed by atoms with van der Waals surface area (Å²) in [6.07, 6.45) is 5.71. The average Bonchev–Trinajstić information content (AvgIpc) is 3.52. The molecule has 1 aromatic carbocycles. The first-order valence-corrected chi connectivity index (χ1v) is 13.2. The molecule has 2 aliphatic carbocycles. The Kier molecular flexibility index (Phi) is 6.38. The van der Waals surface area contributed by atoms with E-state index in [1.165, 1.54) is 13.5 Å². The summed E-state index contributed by atoms with van der Waals surface area (Å²) in [5.74, 6) is 0.932. The van der Waals surface area contributed by atoms with Crippen LogP contribution in [0.3, 0.4) is 0 Å². The van der Waals surface area contributed by atoms with Gasteiger partial charge in [0.15, 0.2) is 0 Å². The fourth-order valence-corrected chi connectivity index (χ4v) is 6.31. The second-order valence-electron chi connectivity index (χ2n) is 10.0. The van der Waals surface area contributed by atoms with Crippen LogP contribution < -0.4 is 10.2 Å². The van der Waals surface area contributed by atoms with Gasteiger partial charge in [-0.25, -0.2) is 8.42 Å². The molecule has 0 spiro atoms. The highest BCUT2D eigenvalue weighted by molar-refractivity contribution is 7.89. The van der Waals surface area contributed by atoms with Crippen LogP contribution in [0, 0.1) is 17.8 Å². The van der Waals surface area contributed by atoms with Gasteiger partial charge in [-0.2, -0.15) is 4.31 Å². The van der Waals surface area contributed by atoms with E-state index in [1.807, 2.05) is 11.8 Å². The van der Waals surface area contributed by atoms with Crippen molar-refractivity contribution in [2.24, 2.45) is 17.8 Å². The van der Waals surface area contributed by atoms with Gasteiger partial charge in [-0.1, -0.05) is 26.7 Å². The molecule has 8 heteroatoms. The van der Waals surface area contributed by atoms with Gasteiger partial charge in [0, 0.05) is 30.7 Å². The molecular weight excluding hydrogens is 426 g/mol. The SMILES string of the molecule is CC1CCCC(NC(=O)CN(C)S(=O)(=O)c2ccc3c(c2)CC(C)N3C(=O)C2CC2)C1C. The van der Waals surface area contributed by atoms with E-state index >= 15 is 0 Å². The molecule has 4 unspecified atom stereocenters. The van der Waals surface area contributed by atoms with Crippen LogP contribution in [0.1, 0.15) is 58.4 Å². The zero-order valence-electron chi connectivity index (χ0n) is 19.5. The molecule has 1 heterocycles. The van der Waals surface area contributed by atoms with Crippen LogP contribution in [0.25, 0.3) is 0 Å². The van der Waals surface area contributed by atoms with E-state index in [-0.39, 0.29) is 41.3 Å². The maximum Gasteiger partial charge on any atom is 0.243 e. The molecule has 2 fully saturated rings. The predicted octanol–water partition coefficient (Wildman–Crippen LogP) is 2.94. The molecule has 4 rings (SSSR count). The third-order valence-corrected chi connectivity index (χ3v) is 9.36. The molecular formula is C24H35N3O4S. The van der Waals surface area contributed by atoms with Gasteiger partial charge < -0.3 is 10.2 Å². The van der Waals surface area contributed by atoms with Crippen molar-refractivity contribution < 1.29 is 18.0 Å². The summed E-state index contributed by atoms with van der Waals surface area (Å²) in [6.45, 7) is 6.14. The summed E-state index contributed by atoms with van der Waals surface area (Å²) in [4.78, 5) is 27.3. The van der Waals surface area contributed by atoms with Crippen LogP contribution in [-0.4, -0.2) is 50.2 Å². The third kappa shape index (κ3) is 4.44. The summed E-state index contributed by atoms with van der Waals surface area (Å²) in [5, 5.41) is 3.05. The number of nitrogens with one attached hydrogen (secondary N) is 1. The van der Waals surface area contributed by atoms with Gasteiger partial charge in [0.1, 0.15) is 0 Å². The minimum atomic E-state index is -3.81. The first-order valence-electron chi connectivity index (χ1n) is 11.8. The lowest BCUT2D eigenvalue weighted by Gasteiger charge is -2.34. The smallest absolute Gasteiger partial charge is 0.243 e. The van der Waals surface area contributed by atoms with E-state index in [4.69, 9.17) is 0 Å². The number of carbonyl (C=O) groups is 2. The summed E-state index contributed by atoms with van der Waals surface area (Å²) in [7, 11) is -2.37. The zero-order valence-corrected chi connectivity index (χ0v) is 20.3. The second-order valence-corrected chi connectivity index (χ2v) is 12.1. The van der Waals surface area contributed by atoms with Gasteiger partial charge in [-0.05, 0) is 68.2 Å². The van der Waals surface area contributed by atoms with E-state index in [1.54, 1.807) is 18.2 Å². The van der Waals surface area contributed by atoms with Crippen molar-refractivity contribution in [1.29, 1.82) is 0 Å². The molecule has 7 nitrogen and oxygen atoms in total. The Bertz CT molecular complexity index is 1000. The van der Waals surface area contributed by atoms with Crippen LogP contribution in [-0.2, 0) is 26.0 Å². The number of hydrogen-bond donors (Lipinski definition) is 1. The first-order chi connectivity index (χ1) is 15.1. The van der Waals surface area contributed by atoms with E-state index in [0.29, 0.717) is 18.3 Å². The van der Waals surface area contributed by atoms with Crippen molar-refractivity contribution in [2.75, 3.05) is 18.5 Å². The van der Waals surface area contributed by atoms with Crippen LogP contribution in [0.2, 0.25) is 0 Å². The number of amides is 2. The largest absolute Gasteiger partial charge is 0.352 e. The Morgan fingerprint density at radius 1 is 1.12 bits per heavy atom. The number of anilines is 1. The van der Waals surface area contributed by atoms with Crippen molar-refractivity contribution in [3.05, 3.63) is 23.8 Å². The topological polar surface area (TPSA) is 86.8 Å². The van der Waals surface area contributed by atoms with Crippen molar-refractivity contribution >= 4 is 27.5 Å². The Morgan fingerprint density at radius 3 is 2.53 bits per heavy atom. The number of sulfonamides is 1. The van der Waals surface area contributed by atoms with Crippen LogP contribution in [0.4, 0.5) is 5.69 Å². The molecule has 4 atom stereocenters. The second kappa shape index (κ2) is 8.78. The Morgan fingerprint density at radius 2 is 1.84 bits per heavy atom. The van der Waals surface area contributed by atoms with Gasteiger partial charge in [0.25, 0.3) is 0 Å². The van der Waals surface area contributed by atoms with Crippen molar-refractivity contribution in [3.8, 4) is 0 Å². The quantitative estimate of drug-likeness (QED) is 0.706. The molecule has 1 N–H and O–H groups in total. The zero-order chi connectivity index (χ0) is 23.2. The fourth-order valence-electron chi connectivity index (χ4n) is 5.14. The summed E-state index contributed by atoms with van der Waals surface area (Å²) < 4.78 is 27.4. The molecule has 176 valence electrons. The van der Waals surface area contributed by atoms with Crippen molar-refractivity contribution in [3.63, 3.8) is 0 Å². The van der Waals surface area contributed by atoms with E-state index in [2.05, 4.69) is 19.2 Å². The lowest BCUT2D eigenvalue weighted by molar-refractivity contribution is -0.122. The summed E-state index contributed by atoms with van der Waals surface area (Å²) in [5.41, 5.74) is 1.68. The third-order valence-electron chi connectivity index (χ3n) is 7.56. The lowest BCUT2D eigenvalue weighted by Crippen LogP contribution is -2.47. The fraction of sp³-hybridized carbons (Fsp3) is 0.667. The number of fused-ring (bicyclic) bond motifs is 1. The molecule has 3 aliphatic rings. The van der Waals surface area contributed by atoms with Gasteiger partial charge in [0.05, 0.1) is 11.4 Å². The number of likely N-dealkylation sites (N-methyl/N-ethyl adjacent to an activating group) is 1. The van der Waals surface area contributed by atoms with Gasteiger partial charge in [-0.15, -0.1) is 0 Å². The molecule has 0 radical (unpaired) electrons. The summed E-state index contributed by atoms with van der Waals surface area (Å²) >= 11 is 0.